The topological polar surface area (TPSA) is 103 Å². The Morgan fingerprint density at radius 3 is 2.94 bits per heavy atom. The van der Waals surface area contributed by atoms with Crippen molar-refractivity contribution in [1.29, 1.82) is 0 Å². The molecule has 5 rings (SSSR count). The zero-order chi connectivity index (χ0) is 21.4. The largest absolute Gasteiger partial charge is 0.494 e. The van der Waals surface area contributed by atoms with Gasteiger partial charge in [-0.3, -0.25) is 9.78 Å². The summed E-state index contributed by atoms with van der Waals surface area (Å²) in [5.74, 6) is 1.48. The Morgan fingerprint density at radius 1 is 1.26 bits per heavy atom. The number of carbonyl (C=O) groups is 1. The molecule has 1 aromatic carbocycles. The summed E-state index contributed by atoms with van der Waals surface area (Å²) in [7, 11) is 0. The number of rotatable bonds is 6. The van der Waals surface area contributed by atoms with Gasteiger partial charge in [0.15, 0.2) is 5.82 Å². The van der Waals surface area contributed by atoms with Crippen LogP contribution in [0.25, 0.3) is 22.3 Å². The van der Waals surface area contributed by atoms with Crippen molar-refractivity contribution in [1.82, 2.24) is 15.0 Å². The second kappa shape index (κ2) is 7.96. The maximum absolute atomic E-state index is 12.3. The van der Waals surface area contributed by atoms with Crippen LogP contribution in [0.2, 0.25) is 0 Å². The summed E-state index contributed by atoms with van der Waals surface area (Å²) in [4.78, 5) is 27.2. The summed E-state index contributed by atoms with van der Waals surface area (Å²) in [6, 6.07) is 9.49. The smallest absolute Gasteiger partial charge is 0.251 e. The Balaban J connectivity index is 1.67. The van der Waals surface area contributed by atoms with Crippen LogP contribution in [0.4, 0.5) is 10.8 Å². The standard InChI is InChI=1S/C23H21N5O2S/c1-2-30-14-8-9-17-16(11-14)22(27-21(26-17)13-5-4-10-25-12-13)28-23-19(20(24)29)15-6-3-7-18(15)31-23/h4-5,8-12H,2-3,6-7H2,1H3,(H2,24,29)(H,26,27,28). The second-order valence-corrected chi connectivity index (χ2v) is 8.41. The van der Waals surface area contributed by atoms with Crippen molar-refractivity contribution in [2.75, 3.05) is 11.9 Å². The number of nitrogens with two attached hydrogens (primary N) is 1. The van der Waals surface area contributed by atoms with Crippen molar-refractivity contribution >= 4 is 39.0 Å². The first-order valence-corrected chi connectivity index (χ1v) is 11.0. The molecule has 31 heavy (non-hydrogen) atoms. The summed E-state index contributed by atoms with van der Waals surface area (Å²) in [6.45, 7) is 2.50. The average molecular weight is 432 g/mol. The highest BCUT2D eigenvalue weighted by atomic mass is 32.1. The van der Waals surface area contributed by atoms with Crippen molar-refractivity contribution < 1.29 is 9.53 Å². The zero-order valence-electron chi connectivity index (χ0n) is 17.0. The number of aryl methyl sites for hydroxylation is 1. The minimum atomic E-state index is -0.414. The average Bonchev–Trinajstić information content (AvgIpc) is 3.35. The van der Waals surface area contributed by atoms with Gasteiger partial charge in [0.05, 0.1) is 17.7 Å². The number of ether oxygens (including phenoxy) is 1. The van der Waals surface area contributed by atoms with E-state index < -0.39 is 5.91 Å². The summed E-state index contributed by atoms with van der Waals surface area (Å²) in [5.41, 5.74) is 8.98. The molecule has 0 unspecified atom stereocenters. The van der Waals surface area contributed by atoms with Gasteiger partial charge in [0.25, 0.3) is 5.91 Å². The number of benzene rings is 1. The number of pyridine rings is 1. The van der Waals surface area contributed by atoms with Crippen LogP contribution in [-0.2, 0) is 12.8 Å². The molecule has 1 aliphatic rings. The molecule has 1 amide bonds. The lowest BCUT2D eigenvalue weighted by atomic mass is 10.1. The zero-order valence-corrected chi connectivity index (χ0v) is 17.8. The number of nitrogens with one attached hydrogen (secondary N) is 1. The van der Waals surface area contributed by atoms with E-state index in [-0.39, 0.29) is 0 Å². The summed E-state index contributed by atoms with van der Waals surface area (Å²) >= 11 is 1.58. The fourth-order valence-corrected chi connectivity index (χ4v) is 5.24. The van der Waals surface area contributed by atoms with E-state index in [4.69, 9.17) is 20.4 Å². The molecule has 0 radical (unpaired) electrons. The molecule has 3 N–H and O–H groups in total. The highest BCUT2D eigenvalue weighted by Gasteiger charge is 2.26. The van der Waals surface area contributed by atoms with Crippen LogP contribution in [0.5, 0.6) is 5.75 Å². The van der Waals surface area contributed by atoms with Crippen molar-refractivity contribution in [3.05, 3.63) is 58.7 Å². The minimum Gasteiger partial charge on any atom is -0.494 e. The predicted octanol–water partition coefficient (Wildman–Crippen LogP) is 4.48. The SMILES string of the molecule is CCOc1ccc2nc(-c3cccnc3)nc(Nc3sc4c(c3C(N)=O)CCC4)c2c1. The van der Waals surface area contributed by atoms with Crippen LogP contribution in [0, 0.1) is 0 Å². The van der Waals surface area contributed by atoms with Crippen LogP contribution in [-0.4, -0.2) is 27.5 Å². The number of nitrogens with zero attached hydrogens (tertiary/aromatic N) is 3. The molecule has 0 saturated heterocycles. The van der Waals surface area contributed by atoms with E-state index in [2.05, 4.69) is 10.3 Å². The van der Waals surface area contributed by atoms with E-state index >= 15 is 0 Å². The molecular weight excluding hydrogens is 410 g/mol. The lowest BCUT2D eigenvalue weighted by Gasteiger charge is -2.12. The summed E-state index contributed by atoms with van der Waals surface area (Å²) in [6.07, 6.45) is 6.35. The van der Waals surface area contributed by atoms with Gasteiger partial charge in [0.1, 0.15) is 16.6 Å². The van der Waals surface area contributed by atoms with Gasteiger partial charge in [-0.05, 0) is 62.1 Å². The van der Waals surface area contributed by atoms with Gasteiger partial charge < -0.3 is 15.8 Å². The van der Waals surface area contributed by atoms with Crippen LogP contribution in [0.1, 0.15) is 34.1 Å². The molecule has 0 atom stereocenters. The third kappa shape index (κ3) is 3.59. The maximum atomic E-state index is 12.3. The van der Waals surface area contributed by atoms with Gasteiger partial charge in [0.2, 0.25) is 0 Å². The third-order valence-electron chi connectivity index (χ3n) is 5.30. The number of fused-ring (bicyclic) bond motifs is 2. The molecule has 0 spiro atoms. The fraction of sp³-hybridized carbons (Fsp3) is 0.217. The fourth-order valence-electron chi connectivity index (χ4n) is 3.94. The molecule has 3 aromatic heterocycles. The molecular formula is C23H21N5O2S. The molecule has 8 heteroatoms. The highest BCUT2D eigenvalue weighted by molar-refractivity contribution is 7.16. The third-order valence-corrected chi connectivity index (χ3v) is 6.50. The molecule has 1 aliphatic carbocycles. The quantitative estimate of drug-likeness (QED) is 0.466. The van der Waals surface area contributed by atoms with E-state index in [9.17, 15) is 4.79 Å². The highest BCUT2D eigenvalue weighted by Crippen LogP contribution is 2.41. The molecule has 0 fully saturated rings. The monoisotopic (exact) mass is 431 g/mol. The first kappa shape index (κ1) is 19.4. The van der Waals surface area contributed by atoms with Crippen molar-refractivity contribution in [3.8, 4) is 17.1 Å². The lowest BCUT2D eigenvalue weighted by Crippen LogP contribution is -2.14. The number of carbonyl (C=O) groups excluding carboxylic acids is 1. The van der Waals surface area contributed by atoms with Crippen molar-refractivity contribution in [3.63, 3.8) is 0 Å². The number of hydrogen-bond acceptors (Lipinski definition) is 7. The number of thiophene rings is 1. The second-order valence-electron chi connectivity index (χ2n) is 7.30. The predicted molar refractivity (Wildman–Crippen MR) is 122 cm³/mol. The first-order chi connectivity index (χ1) is 15.1. The molecule has 0 aliphatic heterocycles. The molecule has 3 heterocycles. The van der Waals surface area contributed by atoms with E-state index in [0.717, 1.165) is 52.0 Å². The van der Waals surface area contributed by atoms with E-state index in [0.29, 0.717) is 23.8 Å². The molecule has 7 nitrogen and oxygen atoms in total. The Hall–Kier alpha value is -3.52. The van der Waals surface area contributed by atoms with E-state index in [1.54, 1.807) is 23.7 Å². The van der Waals surface area contributed by atoms with Gasteiger partial charge in [0, 0.05) is 28.2 Å². The van der Waals surface area contributed by atoms with Crippen molar-refractivity contribution in [2.45, 2.75) is 26.2 Å². The number of aromatic nitrogens is 3. The number of primary amides is 1. The number of hydrogen-bond donors (Lipinski definition) is 2. The summed E-state index contributed by atoms with van der Waals surface area (Å²) in [5, 5.41) is 4.94. The molecule has 0 bridgehead atoms. The molecule has 0 saturated carbocycles. The lowest BCUT2D eigenvalue weighted by molar-refractivity contribution is 0.100. The van der Waals surface area contributed by atoms with Gasteiger partial charge >= 0.3 is 0 Å². The number of anilines is 2. The number of amides is 1. The first-order valence-electron chi connectivity index (χ1n) is 10.2. The van der Waals surface area contributed by atoms with E-state index in [1.807, 2.05) is 37.3 Å². The van der Waals surface area contributed by atoms with Crippen LogP contribution >= 0.6 is 11.3 Å². The van der Waals surface area contributed by atoms with Gasteiger partial charge in [-0.1, -0.05) is 0 Å². The molecule has 156 valence electrons. The Morgan fingerprint density at radius 2 is 2.16 bits per heavy atom. The minimum absolute atomic E-state index is 0.414. The summed E-state index contributed by atoms with van der Waals surface area (Å²) < 4.78 is 5.68. The van der Waals surface area contributed by atoms with Gasteiger partial charge in [-0.2, -0.15) is 0 Å². The Bertz CT molecular complexity index is 1290. The van der Waals surface area contributed by atoms with E-state index in [1.165, 1.54) is 4.88 Å². The normalized spacial score (nSPS) is 12.7. The Kier molecular flexibility index (Phi) is 4.99. The Labute approximate surface area is 183 Å². The van der Waals surface area contributed by atoms with Gasteiger partial charge in [-0.25, -0.2) is 9.97 Å². The van der Waals surface area contributed by atoms with Crippen molar-refractivity contribution in [2.24, 2.45) is 5.73 Å². The van der Waals surface area contributed by atoms with Crippen LogP contribution in [0.15, 0.2) is 42.7 Å². The van der Waals surface area contributed by atoms with Crippen LogP contribution in [0.3, 0.4) is 0 Å². The van der Waals surface area contributed by atoms with Gasteiger partial charge in [-0.15, -0.1) is 11.3 Å². The van der Waals surface area contributed by atoms with Crippen LogP contribution < -0.4 is 15.8 Å². The molecule has 4 aromatic rings. The maximum Gasteiger partial charge on any atom is 0.251 e.